The molecule has 0 spiro atoms. The van der Waals surface area contributed by atoms with E-state index in [9.17, 15) is 9.90 Å². The van der Waals surface area contributed by atoms with Gasteiger partial charge in [-0.15, -0.1) is 0 Å². The monoisotopic (exact) mass is 737 g/mol. The Hall–Kier alpha value is -4.12. The standard InChI is InChI=1S/C46H46NO2P3/c1-45(2,3)51(39-23-13-6-14-24-39)42-31-29-36(30-32-42)43-33-34-47(44(48)49)46(43,52(40-25-15-7-16-26-40)41-27-17-8-18-28-41)35-50(37-19-9-4-10-20-37)38-21-11-5-12-22-38/h4-32,43H,33-35H2,1-3H3,(H,48,49)/t43?,46-,51?/m1/s1. The molecular weight excluding hydrogens is 691 g/mol. The first-order chi connectivity index (χ1) is 25.3. The number of hydrogen-bond donors (Lipinski definition) is 1. The summed E-state index contributed by atoms with van der Waals surface area (Å²) in [4.78, 5) is 15.6. The van der Waals surface area contributed by atoms with Gasteiger partial charge in [-0.05, 0) is 72.7 Å². The van der Waals surface area contributed by atoms with E-state index in [1.165, 1.54) is 37.4 Å². The summed E-state index contributed by atoms with van der Waals surface area (Å²) in [6.07, 6.45) is 0.641. The van der Waals surface area contributed by atoms with Crippen molar-refractivity contribution >= 4 is 61.7 Å². The molecule has 0 aliphatic carbocycles. The zero-order chi connectivity index (χ0) is 36.1. The van der Waals surface area contributed by atoms with Crippen LogP contribution >= 0.6 is 23.8 Å². The summed E-state index contributed by atoms with van der Waals surface area (Å²) in [6.45, 7) is 7.52. The highest BCUT2D eigenvalue weighted by Crippen LogP contribution is 2.64. The van der Waals surface area contributed by atoms with Crippen LogP contribution in [-0.2, 0) is 0 Å². The SMILES string of the molecule is CC(C)(C)P(c1ccccc1)c1ccc(C2CCN(C(=O)O)[C@]2(CP(c2ccccc2)c2ccccc2)P(c2ccccc2)c2ccccc2)cc1. The minimum atomic E-state index is -1.19. The van der Waals surface area contributed by atoms with E-state index in [0.717, 1.165) is 6.42 Å². The average molecular weight is 738 g/mol. The third kappa shape index (κ3) is 7.38. The summed E-state index contributed by atoms with van der Waals surface area (Å²) in [5.41, 5.74) is 1.22. The molecule has 0 radical (unpaired) electrons. The van der Waals surface area contributed by atoms with Crippen LogP contribution in [-0.4, -0.2) is 39.2 Å². The van der Waals surface area contributed by atoms with Gasteiger partial charge in [0.25, 0.3) is 0 Å². The average Bonchev–Trinajstić information content (AvgIpc) is 3.55. The number of hydrogen-bond acceptors (Lipinski definition) is 1. The molecule has 2 unspecified atom stereocenters. The second-order valence-electron chi connectivity index (χ2n) is 14.4. The zero-order valence-corrected chi connectivity index (χ0v) is 32.8. The molecule has 1 fully saturated rings. The van der Waals surface area contributed by atoms with Crippen molar-refractivity contribution < 1.29 is 9.90 Å². The van der Waals surface area contributed by atoms with Gasteiger partial charge in [-0.25, -0.2) is 4.79 Å². The van der Waals surface area contributed by atoms with Crippen molar-refractivity contribution in [3.8, 4) is 0 Å². The molecule has 3 nitrogen and oxygen atoms in total. The molecule has 1 aliphatic rings. The van der Waals surface area contributed by atoms with Gasteiger partial charge < -0.3 is 5.11 Å². The first kappa shape index (κ1) is 36.2. The number of carboxylic acid groups (broad SMARTS) is 1. The Kier molecular flexibility index (Phi) is 11.1. The number of carbonyl (C=O) groups is 1. The summed E-state index contributed by atoms with van der Waals surface area (Å²) >= 11 is 0. The van der Waals surface area contributed by atoms with Gasteiger partial charge in [0.1, 0.15) is 0 Å². The summed E-state index contributed by atoms with van der Waals surface area (Å²) in [5, 5.41) is 18.3. The van der Waals surface area contributed by atoms with Crippen LogP contribution in [0.5, 0.6) is 0 Å². The lowest BCUT2D eigenvalue weighted by atomic mass is 9.92. The predicted molar refractivity (Wildman–Crippen MR) is 227 cm³/mol. The van der Waals surface area contributed by atoms with Gasteiger partial charge >= 0.3 is 6.09 Å². The number of nitrogens with zero attached hydrogens (tertiary/aromatic N) is 1. The van der Waals surface area contributed by atoms with Crippen molar-refractivity contribution in [2.24, 2.45) is 0 Å². The summed E-state index contributed by atoms with van der Waals surface area (Å²) < 4.78 is 0. The minimum Gasteiger partial charge on any atom is -0.465 e. The predicted octanol–water partition coefficient (Wildman–Crippen LogP) is 9.35. The van der Waals surface area contributed by atoms with E-state index in [4.69, 9.17) is 0 Å². The molecule has 6 aromatic rings. The Labute approximate surface area is 313 Å². The highest BCUT2D eigenvalue weighted by atomic mass is 31.1. The second-order valence-corrected chi connectivity index (χ2v) is 22.1. The summed E-state index contributed by atoms with van der Waals surface area (Å²) in [7, 11) is -2.75. The van der Waals surface area contributed by atoms with E-state index >= 15 is 0 Å². The van der Waals surface area contributed by atoms with Gasteiger partial charge in [0.2, 0.25) is 0 Å². The first-order valence-corrected chi connectivity index (χ1v) is 22.2. The van der Waals surface area contributed by atoms with Crippen LogP contribution in [0.2, 0.25) is 0 Å². The fraction of sp³-hybridized carbons (Fsp3) is 0.196. The molecule has 262 valence electrons. The highest BCUT2D eigenvalue weighted by Gasteiger charge is 2.58. The number of likely N-dealkylation sites (tertiary alicyclic amines) is 1. The molecule has 6 heteroatoms. The largest absolute Gasteiger partial charge is 0.465 e. The molecule has 1 aliphatic heterocycles. The lowest BCUT2D eigenvalue weighted by Gasteiger charge is -2.49. The van der Waals surface area contributed by atoms with E-state index in [2.05, 4.69) is 197 Å². The highest BCUT2D eigenvalue weighted by molar-refractivity contribution is 7.77. The second kappa shape index (κ2) is 15.9. The fourth-order valence-corrected chi connectivity index (χ4v) is 17.5. The molecule has 52 heavy (non-hydrogen) atoms. The number of rotatable bonds is 10. The van der Waals surface area contributed by atoms with Crippen LogP contribution in [0.4, 0.5) is 4.79 Å². The smallest absolute Gasteiger partial charge is 0.408 e. The van der Waals surface area contributed by atoms with Crippen molar-refractivity contribution in [2.45, 2.75) is 43.5 Å². The van der Waals surface area contributed by atoms with E-state index in [-0.39, 0.29) is 11.1 Å². The van der Waals surface area contributed by atoms with Crippen LogP contribution in [0.3, 0.4) is 0 Å². The van der Waals surface area contributed by atoms with Crippen molar-refractivity contribution in [1.29, 1.82) is 0 Å². The molecule has 1 amide bonds. The first-order valence-electron chi connectivity index (χ1n) is 18.0. The van der Waals surface area contributed by atoms with E-state index < -0.39 is 35.1 Å². The molecule has 0 saturated carbocycles. The van der Waals surface area contributed by atoms with Gasteiger partial charge in [0, 0.05) is 18.6 Å². The Morgan fingerprint density at radius 1 is 0.596 bits per heavy atom. The summed E-state index contributed by atoms with van der Waals surface area (Å²) in [5.74, 6) is -0.0146. The van der Waals surface area contributed by atoms with Crippen molar-refractivity contribution in [1.82, 2.24) is 4.90 Å². The number of benzene rings is 6. The third-order valence-electron chi connectivity index (χ3n) is 10.1. The molecule has 1 heterocycles. The molecule has 6 aromatic carbocycles. The lowest BCUT2D eigenvalue weighted by molar-refractivity contribution is 0.134. The summed E-state index contributed by atoms with van der Waals surface area (Å²) in [6, 6.07) is 63.3. The Bertz CT molecular complexity index is 1960. The van der Waals surface area contributed by atoms with Gasteiger partial charge in [-0.3, -0.25) is 4.90 Å². The Morgan fingerprint density at radius 3 is 1.38 bits per heavy atom. The third-order valence-corrected chi connectivity index (χ3v) is 19.1. The normalized spacial score (nSPS) is 18.1. The maximum atomic E-state index is 13.8. The van der Waals surface area contributed by atoms with Gasteiger partial charge in [-0.2, -0.15) is 0 Å². The lowest BCUT2D eigenvalue weighted by Crippen LogP contribution is -2.54. The molecule has 0 bridgehead atoms. The van der Waals surface area contributed by atoms with Gasteiger partial charge in [0.15, 0.2) is 0 Å². The van der Waals surface area contributed by atoms with Gasteiger partial charge in [-0.1, -0.05) is 197 Å². The maximum absolute atomic E-state index is 13.8. The molecule has 3 atom stereocenters. The van der Waals surface area contributed by atoms with Crippen LogP contribution in [0.15, 0.2) is 176 Å². The van der Waals surface area contributed by atoms with Crippen LogP contribution in [0.1, 0.15) is 38.7 Å². The quantitative estimate of drug-likeness (QED) is 0.143. The molecule has 0 aromatic heterocycles. The number of amides is 1. The van der Waals surface area contributed by atoms with Crippen molar-refractivity contribution in [3.05, 3.63) is 181 Å². The van der Waals surface area contributed by atoms with E-state index in [0.29, 0.717) is 12.7 Å². The fourth-order valence-electron chi connectivity index (χ4n) is 8.00. The Balaban J connectivity index is 1.46. The van der Waals surface area contributed by atoms with Gasteiger partial charge in [0.05, 0.1) is 5.28 Å². The van der Waals surface area contributed by atoms with E-state index in [1.807, 2.05) is 4.90 Å². The van der Waals surface area contributed by atoms with E-state index in [1.54, 1.807) is 0 Å². The molecular formula is C46H46NO2P3. The van der Waals surface area contributed by atoms with Crippen LogP contribution < -0.4 is 31.8 Å². The topological polar surface area (TPSA) is 40.5 Å². The molecule has 7 rings (SSSR count). The maximum Gasteiger partial charge on any atom is 0.408 e. The van der Waals surface area contributed by atoms with Crippen molar-refractivity contribution in [2.75, 3.05) is 12.7 Å². The molecule has 1 saturated heterocycles. The molecule has 1 N–H and O–H groups in total. The minimum absolute atomic E-state index is 0.0146. The zero-order valence-electron chi connectivity index (χ0n) is 30.1. The Morgan fingerprint density at radius 2 is 0.981 bits per heavy atom. The van der Waals surface area contributed by atoms with Crippen LogP contribution in [0, 0.1) is 0 Å². The van der Waals surface area contributed by atoms with Crippen LogP contribution in [0.25, 0.3) is 0 Å². The van der Waals surface area contributed by atoms with Crippen molar-refractivity contribution in [3.63, 3.8) is 0 Å².